The number of carbonyl (C=O) groups is 1. The molecule has 0 aromatic heterocycles. The fourth-order valence-electron chi connectivity index (χ4n) is 2.81. The van der Waals surface area contributed by atoms with Crippen LogP contribution in [-0.2, 0) is 4.79 Å². The molecule has 0 radical (unpaired) electrons. The predicted molar refractivity (Wildman–Crippen MR) is 60.2 cm³/mol. The summed E-state index contributed by atoms with van der Waals surface area (Å²) in [7, 11) is 0. The van der Waals surface area contributed by atoms with E-state index in [1.165, 1.54) is 0 Å². The molecule has 2 fully saturated rings. The summed E-state index contributed by atoms with van der Waals surface area (Å²) in [5.41, 5.74) is 6.35. The summed E-state index contributed by atoms with van der Waals surface area (Å²) in [4.78, 5) is 13.9. The maximum Gasteiger partial charge on any atom is 0.239 e. The molecule has 0 bridgehead atoms. The van der Waals surface area contributed by atoms with Gasteiger partial charge in [-0.1, -0.05) is 27.7 Å². The molecular weight excluding hydrogens is 188 g/mol. The maximum absolute atomic E-state index is 12.0. The molecule has 1 aliphatic carbocycles. The van der Waals surface area contributed by atoms with Gasteiger partial charge in [-0.15, -0.1) is 0 Å². The summed E-state index contributed by atoms with van der Waals surface area (Å²) < 4.78 is 0. The number of likely N-dealkylation sites (tertiary alicyclic amines) is 1. The Balaban J connectivity index is 1.92. The van der Waals surface area contributed by atoms with Gasteiger partial charge >= 0.3 is 0 Å². The Morgan fingerprint density at radius 1 is 1.33 bits per heavy atom. The minimum Gasteiger partial charge on any atom is -0.341 e. The second-order valence-electron chi connectivity index (χ2n) is 6.05. The van der Waals surface area contributed by atoms with Gasteiger partial charge in [0.25, 0.3) is 0 Å². The minimum atomic E-state index is -0.314. The van der Waals surface area contributed by atoms with Gasteiger partial charge in [0.15, 0.2) is 0 Å². The van der Waals surface area contributed by atoms with Crippen molar-refractivity contribution in [1.29, 1.82) is 0 Å². The molecule has 1 amide bonds. The molecule has 1 heterocycles. The highest BCUT2D eigenvalue weighted by molar-refractivity contribution is 5.82. The van der Waals surface area contributed by atoms with E-state index >= 15 is 0 Å². The molecule has 86 valence electrons. The van der Waals surface area contributed by atoms with E-state index in [4.69, 9.17) is 5.73 Å². The van der Waals surface area contributed by atoms with Crippen molar-refractivity contribution in [3.8, 4) is 0 Å². The average molecular weight is 210 g/mol. The van der Waals surface area contributed by atoms with Gasteiger partial charge in [-0.05, 0) is 23.2 Å². The van der Waals surface area contributed by atoms with Crippen LogP contribution in [0.4, 0.5) is 0 Å². The number of piperidine rings is 1. The molecular formula is C12H22N2O. The van der Waals surface area contributed by atoms with Crippen molar-refractivity contribution in [2.45, 2.75) is 33.7 Å². The van der Waals surface area contributed by atoms with E-state index in [0.29, 0.717) is 5.41 Å². The van der Waals surface area contributed by atoms with E-state index in [0.717, 1.165) is 24.9 Å². The van der Waals surface area contributed by atoms with E-state index in [1.807, 2.05) is 18.7 Å². The number of amides is 1. The molecule has 2 aliphatic rings. The highest BCUT2D eigenvalue weighted by Crippen LogP contribution is 2.61. The van der Waals surface area contributed by atoms with Gasteiger partial charge in [-0.2, -0.15) is 0 Å². The smallest absolute Gasteiger partial charge is 0.239 e. The van der Waals surface area contributed by atoms with E-state index in [2.05, 4.69) is 13.8 Å². The van der Waals surface area contributed by atoms with Crippen molar-refractivity contribution in [1.82, 2.24) is 4.90 Å². The third-order valence-electron chi connectivity index (χ3n) is 4.44. The minimum absolute atomic E-state index is 0.146. The maximum atomic E-state index is 12.0. The van der Waals surface area contributed by atoms with Crippen molar-refractivity contribution in [2.24, 2.45) is 28.9 Å². The van der Waals surface area contributed by atoms with E-state index in [9.17, 15) is 4.79 Å². The van der Waals surface area contributed by atoms with Crippen molar-refractivity contribution >= 4 is 5.91 Å². The lowest BCUT2D eigenvalue weighted by molar-refractivity contribution is -0.133. The summed E-state index contributed by atoms with van der Waals surface area (Å²) >= 11 is 0. The van der Waals surface area contributed by atoms with Crippen molar-refractivity contribution in [3.63, 3.8) is 0 Å². The molecule has 3 atom stereocenters. The quantitative estimate of drug-likeness (QED) is 0.741. The van der Waals surface area contributed by atoms with Crippen LogP contribution in [0.1, 0.15) is 27.7 Å². The van der Waals surface area contributed by atoms with Crippen LogP contribution in [0.2, 0.25) is 0 Å². The molecule has 1 saturated heterocycles. The third-order valence-corrected chi connectivity index (χ3v) is 4.44. The van der Waals surface area contributed by atoms with Crippen LogP contribution < -0.4 is 5.73 Å². The zero-order chi connectivity index (χ0) is 11.4. The van der Waals surface area contributed by atoms with Crippen LogP contribution in [0.15, 0.2) is 0 Å². The Morgan fingerprint density at radius 3 is 2.20 bits per heavy atom. The first kappa shape index (κ1) is 10.9. The van der Waals surface area contributed by atoms with E-state index < -0.39 is 0 Å². The molecule has 3 nitrogen and oxygen atoms in total. The summed E-state index contributed by atoms with van der Waals surface area (Å²) in [6.07, 6.45) is 0. The Kier molecular flexibility index (Phi) is 2.34. The fourth-order valence-corrected chi connectivity index (χ4v) is 2.81. The summed E-state index contributed by atoms with van der Waals surface area (Å²) in [6, 6.07) is -0.314. The predicted octanol–water partition coefficient (Wildman–Crippen LogP) is 1.08. The van der Waals surface area contributed by atoms with Crippen LogP contribution in [0, 0.1) is 23.2 Å². The lowest BCUT2D eigenvalue weighted by Gasteiger charge is -2.26. The molecule has 1 saturated carbocycles. The largest absolute Gasteiger partial charge is 0.341 e. The monoisotopic (exact) mass is 210 g/mol. The number of nitrogens with zero attached hydrogens (tertiary/aromatic N) is 1. The van der Waals surface area contributed by atoms with Crippen molar-refractivity contribution in [2.75, 3.05) is 13.1 Å². The second kappa shape index (κ2) is 3.21. The first-order valence-electron chi connectivity index (χ1n) is 5.90. The van der Waals surface area contributed by atoms with Gasteiger partial charge in [0, 0.05) is 13.1 Å². The van der Waals surface area contributed by atoms with Crippen molar-refractivity contribution < 1.29 is 4.79 Å². The number of hydrogen-bond acceptors (Lipinski definition) is 2. The van der Waals surface area contributed by atoms with Gasteiger partial charge in [-0.25, -0.2) is 0 Å². The van der Waals surface area contributed by atoms with Gasteiger partial charge in [0.05, 0.1) is 6.04 Å². The number of rotatable bonds is 2. The van der Waals surface area contributed by atoms with Crippen LogP contribution in [0.5, 0.6) is 0 Å². The summed E-state index contributed by atoms with van der Waals surface area (Å²) in [5.74, 6) is 1.83. The highest BCUT2D eigenvalue weighted by atomic mass is 16.2. The molecule has 0 aromatic rings. The molecule has 0 spiro atoms. The second-order valence-corrected chi connectivity index (χ2v) is 6.05. The molecule has 15 heavy (non-hydrogen) atoms. The number of hydrogen-bond donors (Lipinski definition) is 1. The Bertz CT molecular complexity index is 271. The molecule has 1 aliphatic heterocycles. The fraction of sp³-hybridized carbons (Fsp3) is 0.917. The SMILES string of the molecule is CC(C)[C@@H](N)C(=O)N1CC2C(C1)C2(C)C. The Hall–Kier alpha value is -0.570. The molecule has 2 rings (SSSR count). The highest BCUT2D eigenvalue weighted by Gasteiger charge is 2.62. The topological polar surface area (TPSA) is 46.3 Å². The molecule has 0 aromatic carbocycles. The molecule has 3 heteroatoms. The number of nitrogens with two attached hydrogens (primary N) is 1. The standard InChI is InChI=1S/C12H22N2O/c1-7(2)10(13)11(15)14-5-8-9(6-14)12(8,3)4/h7-10H,5-6,13H2,1-4H3/t8?,9?,10-/m1/s1. The van der Waals surface area contributed by atoms with Gasteiger partial charge in [0.2, 0.25) is 5.91 Å². The van der Waals surface area contributed by atoms with Gasteiger partial charge in [0.1, 0.15) is 0 Å². The lowest BCUT2D eigenvalue weighted by Crippen LogP contribution is -2.46. The van der Waals surface area contributed by atoms with E-state index in [1.54, 1.807) is 0 Å². The Labute approximate surface area is 92.0 Å². The van der Waals surface area contributed by atoms with Crippen LogP contribution in [0.3, 0.4) is 0 Å². The zero-order valence-electron chi connectivity index (χ0n) is 10.2. The average Bonchev–Trinajstić information content (AvgIpc) is 2.55. The summed E-state index contributed by atoms with van der Waals surface area (Å²) in [6.45, 7) is 10.5. The van der Waals surface area contributed by atoms with Crippen LogP contribution in [-0.4, -0.2) is 29.9 Å². The Morgan fingerprint density at radius 2 is 1.80 bits per heavy atom. The normalized spacial score (nSPS) is 34.1. The molecule has 2 unspecified atom stereocenters. The number of fused-ring (bicyclic) bond motifs is 1. The lowest BCUT2D eigenvalue weighted by atomic mass is 10.0. The number of carbonyl (C=O) groups excluding carboxylic acids is 1. The van der Waals surface area contributed by atoms with Crippen LogP contribution in [0.25, 0.3) is 0 Å². The van der Waals surface area contributed by atoms with Gasteiger partial charge in [-0.3, -0.25) is 4.79 Å². The first-order chi connectivity index (χ1) is 6.85. The third kappa shape index (κ3) is 1.57. The van der Waals surface area contributed by atoms with E-state index in [-0.39, 0.29) is 17.9 Å². The van der Waals surface area contributed by atoms with Crippen LogP contribution >= 0.6 is 0 Å². The summed E-state index contributed by atoms with van der Waals surface area (Å²) in [5, 5.41) is 0. The zero-order valence-corrected chi connectivity index (χ0v) is 10.2. The van der Waals surface area contributed by atoms with Gasteiger partial charge < -0.3 is 10.6 Å². The van der Waals surface area contributed by atoms with Crippen molar-refractivity contribution in [3.05, 3.63) is 0 Å². The molecule has 2 N–H and O–H groups in total. The first-order valence-corrected chi connectivity index (χ1v) is 5.90.